The standard InChI is InChI=1S/C33H34N2O5/c1-33(2,3)40-32(38)21-8-11-24(31(36)37)27(18-21)30-25-12-9-22(34-14-4-5-15-34)19-28(25)39-29-20-23(10-13-26(29)30)35-16-6-7-17-35/h8-13,18-20H,4-7,14-17H2,1-3H3/p+1/i4D2,5D2,6D2,7D2,14D2,15D2,16D2,17D2. The summed E-state index contributed by atoms with van der Waals surface area (Å²) in [4.78, 5) is 26.2. The van der Waals surface area contributed by atoms with Gasteiger partial charge in [-0.2, -0.15) is 0 Å². The van der Waals surface area contributed by atoms with Gasteiger partial charge in [-0.05, 0) is 75.5 Å². The van der Waals surface area contributed by atoms with Gasteiger partial charge in [0.2, 0.25) is 5.36 Å². The second-order valence-electron chi connectivity index (χ2n) is 10.0. The van der Waals surface area contributed by atoms with Crippen molar-refractivity contribution in [2.24, 2.45) is 0 Å². The molecule has 206 valence electrons. The van der Waals surface area contributed by atoms with E-state index in [1.54, 1.807) is 20.8 Å². The Morgan fingerprint density at radius 3 is 2.40 bits per heavy atom. The molecule has 0 radical (unpaired) electrons. The molecule has 0 amide bonds. The topological polar surface area (TPSA) is 83.0 Å². The minimum atomic E-state index is -3.40. The first-order valence-corrected chi connectivity index (χ1v) is 12.3. The number of esters is 1. The Morgan fingerprint density at radius 2 is 1.70 bits per heavy atom. The Hall–Kier alpha value is -4.13. The Kier molecular flexibility index (Phi) is 3.41. The lowest BCUT2D eigenvalue weighted by atomic mass is 9.89. The molecule has 0 bridgehead atoms. The van der Waals surface area contributed by atoms with E-state index in [1.165, 1.54) is 24.3 Å². The number of carboxylic acids is 1. The lowest BCUT2D eigenvalue weighted by Crippen LogP contribution is -2.26. The van der Waals surface area contributed by atoms with E-state index in [0.29, 0.717) is 0 Å². The third-order valence-corrected chi connectivity index (χ3v) is 6.16. The predicted octanol–water partition coefficient (Wildman–Crippen LogP) is 6.02. The molecule has 1 aliphatic carbocycles. The summed E-state index contributed by atoms with van der Waals surface area (Å²) in [6, 6.07) is 10.5. The third-order valence-electron chi connectivity index (χ3n) is 6.16. The number of carbonyl (C=O) groups is 2. The molecule has 7 heteroatoms. The van der Waals surface area contributed by atoms with Gasteiger partial charge in [0.05, 0.1) is 17.2 Å². The van der Waals surface area contributed by atoms with E-state index in [-0.39, 0.29) is 54.0 Å². The van der Waals surface area contributed by atoms with Crippen LogP contribution in [-0.4, -0.2) is 48.6 Å². The highest BCUT2D eigenvalue weighted by Crippen LogP contribution is 2.42. The lowest BCUT2D eigenvalue weighted by molar-refractivity contribution is 0.00691. The van der Waals surface area contributed by atoms with Crippen LogP contribution in [0.5, 0.6) is 0 Å². The molecular weight excluding hydrogens is 504 g/mol. The predicted molar refractivity (Wildman–Crippen MR) is 156 cm³/mol. The zero-order valence-electron chi connectivity index (χ0n) is 37.7. The van der Waals surface area contributed by atoms with Crippen molar-refractivity contribution >= 4 is 28.6 Å². The van der Waals surface area contributed by atoms with Gasteiger partial charge in [-0.1, -0.05) is 0 Å². The zero-order chi connectivity index (χ0) is 42.4. The maximum Gasteiger partial charge on any atom is 0.338 e. The summed E-state index contributed by atoms with van der Waals surface area (Å²) in [5, 5.41) is 9.97. The van der Waals surface area contributed by atoms with Crippen LogP contribution in [0.4, 0.5) is 5.69 Å². The molecule has 1 N–H and O–H groups in total. The Bertz CT molecular complexity index is 2330. The van der Waals surface area contributed by atoms with Crippen LogP contribution in [0, 0.1) is 0 Å². The highest BCUT2D eigenvalue weighted by molar-refractivity contribution is 6.09. The quantitative estimate of drug-likeness (QED) is 0.188. The summed E-state index contributed by atoms with van der Waals surface area (Å²) in [7, 11) is 0. The third kappa shape index (κ3) is 4.96. The largest absolute Gasteiger partial charge is 0.478 e. The van der Waals surface area contributed by atoms with Crippen LogP contribution >= 0.6 is 0 Å². The van der Waals surface area contributed by atoms with Gasteiger partial charge in [0, 0.05) is 76.5 Å². The van der Waals surface area contributed by atoms with Crippen LogP contribution in [0.2, 0.25) is 0 Å². The van der Waals surface area contributed by atoms with E-state index in [9.17, 15) is 14.7 Å². The van der Waals surface area contributed by atoms with E-state index in [2.05, 4.69) is 0 Å². The van der Waals surface area contributed by atoms with Crippen molar-refractivity contribution in [1.29, 1.82) is 0 Å². The lowest BCUT2D eigenvalue weighted by Gasteiger charge is -2.22. The molecule has 0 unspecified atom stereocenters. The van der Waals surface area contributed by atoms with Gasteiger partial charge in [-0.25, -0.2) is 14.2 Å². The van der Waals surface area contributed by atoms with E-state index in [1.807, 2.05) is 0 Å². The normalized spacial score (nSPS) is 31.8. The van der Waals surface area contributed by atoms with E-state index < -0.39 is 80.1 Å². The van der Waals surface area contributed by atoms with Crippen LogP contribution in [0.25, 0.3) is 33.4 Å². The Balaban J connectivity index is 1.76. The number of carboxylic acid groups (broad SMARTS) is 1. The summed E-state index contributed by atoms with van der Waals surface area (Å²) in [5.41, 5.74) is -2.10. The molecule has 0 aromatic heterocycles. The molecule has 0 spiro atoms. The average Bonchev–Trinajstić information content (AvgIpc) is 3.17. The molecule has 2 aromatic rings. The fourth-order valence-electron chi connectivity index (χ4n) is 4.49. The van der Waals surface area contributed by atoms with Gasteiger partial charge >= 0.3 is 11.9 Å². The maximum absolute atomic E-state index is 13.2. The van der Waals surface area contributed by atoms with Crippen molar-refractivity contribution in [3.8, 4) is 22.5 Å². The summed E-state index contributed by atoms with van der Waals surface area (Å²) in [6.07, 6.45) is -13.6. The SMILES string of the molecule is [2H]C1([2H])N(c2ccc3c(-c4cc(C(=O)OC(C)(C)C)ccc4C(=O)O)c4ccc(=[N+]5C([2H])([2H])C([2H])([2H])C([2H])([2H])C5([2H])[2H])cc-4oc3c2)C([2H])([2H])C([2H])([2H])C1([2H])[2H]. The average molecular weight is 556 g/mol. The minimum Gasteiger partial charge on any atom is -0.478 e. The number of fused-ring (bicyclic) bond motifs is 2. The fourth-order valence-corrected chi connectivity index (χ4v) is 4.49. The van der Waals surface area contributed by atoms with Crippen molar-refractivity contribution < 1.29 is 45.8 Å². The summed E-state index contributed by atoms with van der Waals surface area (Å²) >= 11 is 0. The first-order chi connectivity index (χ1) is 25.2. The van der Waals surface area contributed by atoms with Gasteiger partial charge in [0.15, 0.2) is 0 Å². The minimum absolute atomic E-state index is 0.0263. The number of rotatable bonds is 4. The maximum atomic E-state index is 13.2. The number of hydrogen-bond acceptors (Lipinski definition) is 5. The highest BCUT2D eigenvalue weighted by atomic mass is 16.6. The van der Waals surface area contributed by atoms with Crippen molar-refractivity contribution in [3.05, 3.63) is 71.1 Å². The molecule has 0 saturated carbocycles. The fraction of sp³-hybridized carbons (Fsp3) is 0.364. The van der Waals surface area contributed by atoms with Crippen molar-refractivity contribution in [3.63, 3.8) is 0 Å². The Labute approximate surface area is 256 Å². The molecule has 2 saturated heterocycles. The summed E-state index contributed by atoms with van der Waals surface area (Å²) in [6.45, 7) is -8.34. The second kappa shape index (κ2) is 10.1. The number of benzene rings is 3. The number of carbonyl (C=O) groups excluding carboxylic acids is 1. The van der Waals surface area contributed by atoms with Gasteiger partial charge in [-0.3, -0.25) is 0 Å². The molecule has 4 aliphatic rings. The number of anilines is 1. The molecule has 3 heterocycles. The van der Waals surface area contributed by atoms with Gasteiger partial charge in [0.1, 0.15) is 35.4 Å². The molecule has 3 aliphatic heterocycles. The smallest absolute Gasteiger partial charge is 0.338 e. The van der Waals surface area contributed by atoms with Gasteiger partial charge in [0.25, 0.3) is 0 Å². The van der Waals surface area contributed by atoms with Crippen LogP contribution in [-0.2, 0) is 4.74 Å². The molecule has 40 heavy (non-hydrogen) atoms. The summed E-state index contributed by atoms with van der Waals surface area (Å²) < 4.78 is 146. The van der Waals surface area contributed by atoms with Crippen LogP contribution in [0.15, 0.2) is 59.0 Å². The molecular formula is C33H35N2O5+. The van der Waals surface area contributed by atoms with Crippen molar-refractivity contribution in [2.45, 2.75) is 51.9 Å². The van der Waals surface area contributed by atoms with E-state index >= 15 is 0 Å². The molecule has 6 rings (SSSR count). The molecule has 2 fully saturated rings. The monoisotopic (exact) mass is 555 g/mol. The van der Waals surface area contributed by atoms with Gasteiger partial charge in [-0.15, -0.1) is 0 Å². The van der Waals surface area contributed by atoms with E-state index in [0.717, 1.165) is 30.3 Å². The molecule has 2 aromatic carbocycles. The second-order valence-corrected chi connectivity index (χ2v) is 10.0. The molecule has 7 nitrogen and oxygen atoms in total. The van der Waals surface area contributed by atoms with Crippen LogP contribution < -0.4 is 14.8 Å². The van der Waals surface area contributed by atoms with Crippen LogP contribution in [0.3, 0.4) is 0 Å². The Morgan fingerprint density at radius 1 is 0.950 bits per heavy atom. The number of hydrogen-bond donors (Lipinski definition) is 1. The number of aromatic carboxylic acids is 1. The first-order valence-electron chi connectivity index (χ1n) is 20.3. The number of nitrogens with zero attached hydrogens (tertiary/aromatic N) is 2. The van der Waals surface area contributed by atoms with Crippen LogP contribution in [0.1, 0.15) is 88.9 Å². The summed E-state index contributed by atoms with van der Waals surface area (Å²) in [5.74, 6) is -2.55. The van der Waals surface area contributed by atoms with E-state index in [4.69, 9.17) is 31.1 Å². The van der Waals surface area contributed by atoms with Crippen molar-refractivity contribution in [1.82, 2.24) is 4.58 Å². The zero-order valence-corrected chi connectivity index (χ0v) is 21.7. The first kappa shape index (κ1) is 13.5. The van der Waals surface area contributed by atoms with Crippen molar-refractivity contribution in [2.75, 3.05) is 30.9 Å². The number of ether oxygens (including phenoxy) is 1. The van der Waals surface area contributed by atoms with Gasteiger partial charge < -0.3 is 19.2 Å². The molecule has 0 atom stereocenters. The highest BCUT2D eigenvalue weighted by Gasteiger charge is 2.26.